The van der Waals surface area contributed by atoms with E-state index in [1.807, 2.05) is 24.3 Å². The van der Waals surface area contributed by atoms with Crippen molar-refractivity contribution in [2.24, 2.45) is 11.8 Å². The number of hydrogen-bond acceptors (Lipinski definition) is 2. The van der Waals surface area contributed by atoms with Gasteiger partial charge in [0, 0.05) is 4.47 Å². The Hall–Kier alpha value is -0.540. The first-order valence-corrected chi connectivity index (χ1v) is 7.46. The summed E-state index contributed by atoms with van der Waals surface area (Å²) in [5.41, 5.74) is 0. The first-order chi connectivity index (χ1) is 8.58. The van der Waals surface area contributed by atoms with Crippen LogP contribution < -0.4 is 10.1 Å². The van der Waals surface area contributed by atoms with E-state index in [-0.39, 0.29) is 0 Å². The molecule has 0 aliphatic carbocycles. The number of halogens is 1. The Morgan fingerprint density at radius 3 is 2.39 bits per heavy atom. The fraction of sp³-hybridized carbons (Fsp3) is 0.600. The van der Waals surface area contributed by atoms with Gasteiger partial charge in [0.2, 0.25) is 0 Å². The lowest BCUT2D eigenvalue weighted by Gasteiger charge is -2.14. The highest BCUT2D eigenvalue weighted by Gasteiger charge is 2.03. The summed E-state index contributed by atoms with van der Waals surface area (Å²) in [7, 11) is 0. The molecule has 1 atom stereocenters. The molecule has 0 radical (unpaired) electrons. The second-order valence-electron chi connectivity index (χ2n) is 5.25. The number of rotatable bonds is 8. The van der Waals surface area contributed by atoms with Crippen molar-refractivity contribution in [2.75, 3.05) is 19.7 Å². The Kier molecular flexibility index (Phi) is 7.36. The molecule has 102 valence electrons. The van der Waals surface area contributed by atoms with Crippen molar-refractivity contribution in [2.45, 2.75) is 27.2 Å². The minimum atomic E-state index is 0.652. The van der Waals surface area contributed by atoms with Gasteiger partial charge in [-0.15, -0.1) is 0 Å². The predicted molar refractivity (Wildman–Crippen MR) is 81.1 cm³/mol. The number of nitrogens with one attached hydrogen (secondary N) is 1. The Balaban J connectivity index is 2.11. The first-order valence-electron chi connectivity index (χ1n) is 6.67. The van der Waals surface area contributed by atoms with Gasteiger partial charge in [0.25, 0.3) is 0 Å². The third-order valence-corrected chi connectivity index (χ3v) is 3.27. The Morgan fingerprint density at radius 1 is 1.11 bits per heavy atom. The van der Waals surface area contributed by atoms with Crippen LogP contribution in [0.5, 0.6) is 5.75 Å². The van der Waals surface area contributed by atoms with E-state index in [1.165, 1.54) is 0 Å². The van der Waals surface area contributed by atoms with Crippen molar-refractivity contribution in [3.63, 3.8) is 0 Å². The molecule has 0 saturated heterocycles. The van der Waals surface area contributed by atoms with E-state index < -0.39 is 0 Å². The molecular weight excluding hydrogens is 290 g/mol. The van der Waals surface area contributed by atoms with E-state index in [2.05, 4.69) is 42.0 Å². The fourth-order valence-electron chi connectivity index (χ4n) is 1.63. The number of benzene rings is 1. The topological polar surface area (TPSA) is 21.3 Å². The minimum absolute atomic E-state index is 0.652. The van der Waals surface area contributed by atoms with Crippen LogP contribution >= 0.6 is 15.9 Å². The third kappa shape index (κ3) is 7.02. The maximum Gasteiger partial charge on any atom is 0.119 e. The van der Waals surface area contributed by atoms with Crippen LogP contribution in [0.25, 0.3) is 0 Å². The average molecular weight is 314 g/mol. The smallest absolute Gasteiger partial charge is 0.119 e. The molecule has 1 unspecified atom stereocenters. The quantitative estimate of drug-likeness (QED) is 0.780. The van der Waals surface area contributed by atoms with Gasteiger partial charge in [-0.05, 0) is 55.6 Å². The standard InChI is InChI=1S/C15H24BrNO/c1-12(2)10-17-11-13(3)8-9-18-15-6-4-14(16)5-7-15/h4-7,12-13,17H,8-11H2,1-3H3. The summed E-state index contributed by atoms with van der Waals surface area (Å²) in [5, 5.41) is 3.48. The van der Waals surface area contributed by atoms with Crippen LogP contribution in [0.15, 0.2) is 28.7 Å². The zero-order valence-electron chi connectivity index (χ0n) is 11.6. The third-order valence-electron chi connectivity index (χ3n) is 2.74. The van der Waals surface area contributed by atoms with Gasteiger partial charge in [-0.2, -0.15) is 0 Å². The molecular formula is C15H24BrNO. The van der Waals surface area contributed by atoms with Crippen LogP contribution in [0.4, 0.5) is 0 Å². The first kappa shape index (κ1) is 15.5. The van der Waals surface area contributed by atoms with Gasteiger partial charge < -0.3 is 10.1 Å². The highest BCUT2D eigenvalue weighted by atomic mass is 79.9. The van der Waals surface area contributed by atoms with Gasteiger partial charge in [-0.1, -0.05) is 36.7 Å². The van der Waals surface area contributed by atoms with E-state index in [4.69, 9.17) is 4.74 Å². The van der Waals surface area contributed by atoms with Crippen LogP contribution in [0.3, 0.4) is 0 Å². The Bertz CT molecular complexity index is 324. The van der Waals surface area contributed by atoms with Crippen LogP contribution in [0.2, 0.25) is 0 Å². The SMILES string of the molecule is CC(C)CNCC(C)CCOc1ccc(Br)cc1. The lowest BCUT2D eigenvalue weighted by atomic mass is 10.1. The summed E-state index contributed by atoms with van der Waals surface area (Å²) in [4.78, 5) is 0. The van der Waals surface area contributed by atoms with Gasteiger partial charge in [-0.3, -0.25) is 0 Å². The van der Waals surface area contributed by atoms with Crippen molar-refractivity contribution < 1.29 is 4.74 Å². The molecule has 0 heterocycles. The molecule has 0 aliphatic rings. The van der Waals surface area contributed by atoms with Crippen LogP contribution in [0.1, 0.15) is 27.2 Å². The zero-order chi connectivity index (χ0) is 13.4. The second-order valence-corrected chi connectivity index (χ2v) is 6.16. The average Bonchev–Trinajstić information content (AvgIpc) is 2.31. The van der Waals surface area contributed by atoms with Gasteiger partial charge in [-0.25, -0.2) is 0 Å². The molecule has 3 heteroatoms. The van der Waals surface area contributed by atoms with Crippen molar-refractivity contribution in [1.29, 1.82) is 0 Å². The molecule has 0 spiro atoms. The summed E-state index contributed by atoms with van der Waals surface area (Å²) in [6.07, 6.45) is 1.08. The van der Waals surface area contributed by atoms with E-state index in [0.717, 1.165) is 42.3 Å². The molecule has 0 bridgehead atoms. The van der Waals surface area contributed by atoms with Crippen molar-refractivity contribution in [3.8, 4) is 5.75 Å². The van der Waals surface area contributed by atoms with E-state index >= 15 is 0 Å². The summed E-state index contributed by atoms with van der Waals surface area (Å²) in [6.45, 7) is 9.67. The predicted octanol–water partition coefficient (Wildman–Crippen LogP) is 4.10. The molecule has 1 rings (SSSR count). The normalized spacial score (nSPS) is 12.7. The molecule has 1 aromatic carbocycles. The van der Waals surface area contributed by atoms with E-state index in [0.29, 0.717) is 5.92 Å². The fourth-order valence-corrected chi connectivity index (χ4v) is 1.89. The van der Waals surface area contributed by atoms with Gasteiger partial charge in [0.1, 0.15) is 5.75 Å². The second kappa shape index (κ2) is 8.54. The summed E-state index contributed by atoms with van der Waals surface area (Å²) in [6, 6.07) is 7.99. The molecule has 0 amide bonds. The van der Waals surface area contributed by atoms with Crippen molar-refractivity contribution in [1.82, 2.24) is 5.32 Å². The molecule has 0 fully saturated rings. The maximum absolute atomic E-state index is 5.71. The number of hydrogen-bond donors (Lipinski definition) is 1. The zero-order valence-corrected chi connectivity index (χ0v) is 13.2. The van der Waals surface area contributed by atoms with E-state index in [1.54, 1.807) is 0 Å². The molecule has 1 N–H and O–H groups in total. The largest absolute Gasteiger partial charge is 0.494 e. The van der Waals surface area contributed by atoms with Crippen LogP contribution in [-0.4, -0.2) is 19.7 Å². The summed E-state index contributed by atoms with van der Waals surface area (Å²) in [5.74, 6) is 2.32. The van der Waals surface area contributed by atoms with Gasteiger partial charge in [0.15, 0.2) is 0 Å². The minimum Gasteiger partial charge on any atom is -0.494 e. The van der Waals surface area contributed by atoms with Crippen LogP contribution in [-0.2, 0) is 0 Å². The Morgan fingerprint density at radius 2 is 1.78 bits per heavy atom. The van der Waals surface area contributed by atoms with Gasteiger partial charge >= 0.3 is 0 Å². The lowest BCUT2D eigenvalue weighted by molar-refractivity contribution is 0.280. The maximum atomic E-state index is 5.71. The van der Waals surface area contributed by atoms with E-state index in [9.17, 15) is 0 Å². The van der Waals surface area contributed by atoms with Crippen molar-refractivity contribution in [3.05, 3.63) is 28.7 Å². The van der Waals surface area contributed by atoms with Crippen molar-refractivity contribution >= 4 is 15.9 Å². The van der Waals surface area contributed by atoms with Crippen LogP contribution in [0, 0.1) is 11.8 Å². The molecule has 0 aliphatic heterocycles. The summed E-state index contributed by atoms with van der Waals surface area (Å²) < 4.78 is 6.79. The molecule has 18 heavy (non-hydrogen) atoms. The highest BCUT2D eigenvalue weighted by Crippen LogP contribution is 2.16. The molecule has 0 saturated carbocycles. The highest BCUT2D eigenvalue weighted by molar-refractivity contribution is 9.10. The summed E-state index contributed by atoms with van der Waals surface area (Å²) >= 11 is 3.41. The molecule has 1 aromatic rings. The Labute approximate surface area is 119 Å². The molecule has 2 nitrogen and oxygen atoms in total. The number of ether oxygens (including phenoxy) is 1. The van der Waals surface area contributed by atoms with Gasteiger partial charge in [0.05, 0.1) is 6.61 Å². The monoisotopic (exact) mass is 313 g/mol. The molecule has 0 aromatic heterocycles. The lowest BCUT2D eigenvalue weighted by Crippen LogP contribution is -2.26.